The number of nitrogens with zero attached hydrogens (tertiary/aromatic N) is 2. The van der Waals surface area contributed by atoms with Crippen LogP contribution in [-0.4, -0.2) is 9.97 Å². The predicted octanol–water partition coefficient (Wildman–Crippen LogP) is 2.32. The summed E-state index contributed by atoms with van der Waals surface area (Å²) >= 11 is 5.78. The number of hydrogen-bond donors (Lipinski definition) is 2. The number of nitrogen functional groups attached to an aromatic ring is 1. The van der Waals surface area contributed by atoms with Gasteiger partial charge in [0.2, 0.25) is 0 Å². The number of aromatic nitrogens is 2. The molecule has 0 aliphatic heterocycles. The molecule has 0 amide bonds. The highest BCUT2D eigenvalue weighted by Gasteiger charge is 2.01. The zero-order chi connectivity index (χ0) is 11.4. The Morgan fingerprint density at radius 1 is 1.25 bits per heavy atom. The second kappa shape index (κ2) is 4.81. The van der Waals surface area contributed by atoms with E-state index in [0.717, 1.165) is 5.69 Å². The number of rotatable bonds is 3. The highest BCUT2D eigenvalue weighted by molar-refractivity contribution is 6.29. The molecule has 0 saturated carbocycles. The van der Waals surface area contributed by atoms with Crippen molar-refractivity contribution in [3.63, 3.8) is 0 Å². The minimum Gasteiger partial charge on any atom is -0.396 e. The van der Waals surface area contributed by atoms with E-state index in [-0.39, 0.29) is 0 Å². The molecule has 0 bridgehead atoms. The molecular formula is C11H11ClN4. The van der Waals surface area contributed by atoms with Gasteiger partial charge in [-0.25, -0.2) is 4.98 Å². The molecule has 2 heterocycles. The van der Waals surface area contributed by atoms with Crippen molar-refractivity contribution in [2.45, 2.75) is 6.54 Å². The van der Waals surface area contributed by atoms with Crippen molar-refractivity contribution < 1.29 is 0 Å². The summed E-state index contributed by atoms with van der Waals surface area (Å²) in [6.45, 7) is 0.568. The molecule has 0 aromatic carbocycles. The minimum absolute atomic E-state index is 0.415. The summed E-state index contributed by atoms with van der Waals surface area (Å²) in [5.74, 6) is 0.582. The Morgan fingerprint density at radius 2 is 2.12 bits per heavy atom. The van der Waals surface area contributed by atoms with E-state index in [0.29, 0.717) is 23.2 Å². The highest BCUT2D eigenvalue weighted by Crippen LogP contribution is 2.18. The van der Waals surface area contributed by atoms with Gasteiger partial charge in [-0.1, -0.05) is 17.7 Å². The van der Waals surface area contributed by atoms with Gasteiger partial charge in [-0.3, -0.25) is 4.98 Å². The number of halogens is 1. The first-order valence-corrected chi connectivity index (χ1v) is 5.19. The van der Waals surface area contributed by atoms with Gasteiger partial charge < -0.3 is 11.1 Å². The second-order valence-electron chi connectivity index (χ2n) is 3.25. The zero-order valence-electron chi connectivity index (χ0n) is 8.52. The summed E-state index contributed by atoms with van der Waals surface area (Å²) in [6, 6.07) is 9.10. The molecule has 5 heteroatoms. The molecule has 16 heavy (non-hydrogen) atoms. The molecule has 2 aromatic heterocycles. The van der Waals surface area contributed by atoms with Crippen molar-refractivity contribution in [2.24, 2.45) is 0 Å². The number of nitrogens with two attached hydrogens (primary N) is 1. The van der Waals surface area contributed by atoms with E-state index in [1.165, 1.54) is 0 Å². The van der Waals surface area contributed by atoms with Gasteiger partial charge in [0.05, 0.1) is 17.9 Å². The molecule has 82 valence electrons. The van der Waals surface area contributed by atoms with E-state index >= 15 is 0 Å². The van der Waals surface area contributed by atoms with E-state index in [1.54, 1.807) is 18.3 Å². The minimum atomic E-state index is 0.415. The largest absolute Gasteiger partial charge is 0.396 e. The number of anilines is 2. The summed E-state index contributed by atoms with van der Waals surface area (Å²) in [6.07, 6.45) is 1.74. The summed E-state index contributed by atoms with van der Waals surface area (Å²) in [4.78, 5) is 8.27. The zero-order valence-corrected chi connectivity index (χ0v) is 9.28. The van der Waals surface area contributed by atoms with Crippen LogP contribution in [0.15, 0.2) is 36.5 Å². The summed E-state index contributed by atoms with van der Waals surface area (Å²) in [5.41, 5.74) is 7.24. The van der Waals surface area contributed by atoms with Crippen molar-refractivity contribution in [2.75, 3.05) is 11.1 Å². The molecule has 0 unspecified atom stereocenters. The van der Waals surface area contributed by atoms with Crippen LogP contribution in [0.3, 0.4) is 0 Å². The maximum Gasteiger partial charge on any atom is 0.151 e. The monoisotopic (exact) mass is 234 g/mol. The Hall–Kier alpha value is -1.81. The van der Waals surface area contributed by atoms with Crippen LogP contribution in [-0.2, 0) is 6.54 Å². The molecule has 2 rings (SSSR count). The summed E-state index contributed by atoms with van der Waals surface area (Å²) < 4.78 is 0. The normalized spacial score (nSPS) is 10.1. The third-order valence-electron chi connectivity index (χ3n) is 2.06. The molecule has 0 atom stereocenters. The van der Waals surface area contributed by atoms with Gasteiger partial charge in [0.25, 0.3) is 0 Å². The molecule has 0 aliphatic rings. The molecule has 3 N–H and O–H groups in total. The van der Waals surface area contributed by atoms with Crippen LogP contribution < -0.4 is 11.1 Å². The fraction of sp³-hybridized carbons (Fsp3) is 0.0909. The SMILES string of the molecule is Nc1ccc(Cl)nc1NCc1ccccn1. The van der Waals surface area contributed by atoms with Crippen LogP contribution in [0, 0.1) is 0 Å². The van der Waals surface area contributed by atoms with Gasteiger partial charge in [0.15, 0.2) is 5.82 Å². The first-order chi connectivity index (χ1) is 7.75. The van der Waals surface area contributed by atoms with E-state index < -0.39 is 0 Å². The summed E-state index contributed by atoms with van der Waals surface area (Å²) in [7, 11) is 0. The lowest BCUT2D eigenvalue weighted by atomic mass is 10.3. The topological polar surface area (TPSA) is 63.8 Å². The first-order valence-electron chi connectivity index (χ1n) is 4.81. The van der Waals surface area contributed by atoms with E-state index in [4.69, 9.17) is 17.3 Å². The Bertz CT molecular complexity index is 473. The number of hydrogen-bond acceptors (Lipinski definition) is 4. The predicted molar refractivity (Wildman–Crippen MR) is 65.2 cm³/mol. The van der Waals surface area contributed by atoms with Crippen molar-refractivity contribution in [1.82, 2.24) is 9.97 Å². The van der Waals surface area contributed by atoms with Gasteiger partial charge in [-0.2, -0.15) is 0 Å². The molecule has 0 radical (unpaired) electrons. The lowest BCUT2D eigenvalue weighted by molar-refractivity contribution is 1.03. The molecule has 2 aromatic rings. The Balaban J connectivity index is 2.08. The van der Waals surface area contributed by atoms with Gasteiger partial charge >= 0.3 is 0 Å². The first kappa shape index (κ1) is 10.7. The Morgan fingerprint density at radius 3 is 2.88 bits per heavy atom. The Kier molecular flexibility index (Phi) is 3.22. The average Bonchev–Trinajstić information content (AvgIpc) is 2.32. The third kappa shape index (κ3) is 2.61. The quantitative estimate of drug-likeness (QED) is 0.800. The molecule has 0 aliphatic carbocycles. The van der Waals surface area contributed by atoms with E-state index in [2.05, 4.69) is 15.3 Å². The lowest BCUT2D eigenvalue weighted by Crippen LogP contribution is -2.05. The van der Waals surface area contributed by atoms with Crippen molar-refractivity contribution >= 4 is 23.1 Å². The maximum absolute atomic E-state index is 5.78. The fourth-order valence-corrected chi connectivity index (χ4v) is 1.41. The van der Waals surface area contributed by atoms with Crippen molar-refractivity contribution in [3.05, 3.63) is 47.4 Å². The van der Waals surface area contributed by atoms with Crippen molar-refractivity contribution in [1.29, 1.82) is 0 Å². The third-order valence-corrected chi connectivity index (χ3v) is 2.27. The van der Waals surface area contributed by atoms with Crippen LogP contribution in [0.2, 0.25) is 5.15 Å². The molecule has 0 spiro atoms. The van der Waals surface area contributed by atoms with Gasteiger partial charge in [-0.15, -0.1) is 0 Å². The smallest absolute Gasteiger partial charge is 0.151 e. The van der Waals surface area contributed by atoms with Gasteiger partial charge in [0, 0.05) is 6.20 Å². The molecule has 0 fully saturated rings. The number of pyridine rings is 2. The lowest BCUT2D eigenvalue weighted by Gasteiger charge is -2.07. The van der Waals surface area contributed by atoms with Crippen LogP contribution in [0.1, 0.15) is 5.69 Å². The van der Waals surface area contributed by atoms with E-state index in [9.17, 15) is 0 Å². The second-order valence-corrected chi connectivity index (χ2v) is 3.63. The van der Waals surface area contributed by atoms with Crippen LogP contribution in [0.5, 0.6) is 0 Å². The van der Waals surface area contributed by atoms with Gasteiger partial charge in [0.1, 0.15) is 5.15 Å². The molecule has 0 saturated heterocycles. The number of nitrogens with one attached hydrogen (secondary N) is 1. The fourth-order valence-electron chi connectivity index (χ4n) is 1.26. The standard InChI is InChI=1S/C11H11ClN4/c12-10-5-4-9(13)11(16-10)15-7-8-3-1-2-6-14-8/h1-6H,7,13H2,(H,15,16). The van der Waals surface area contributed by atoms with Crippen LogP contribution in [0.4, 0.5) is 11.5 Å². The molecular weight excluding hydrogens is 224 g/mol. The van der Waals surface area contributed by atoms with Crippen LogP contribution >= 0.6 is 11.6 Å². The maximum atomic E-state index is 5.78. The molecule has 4 nitrogen and oxygen atoms in total. The Labute approximate surface area is 98.5 Å². The average molecular weight is 235 g/mol. The van der Waals surface area contributed by atoms with Gasteiger partial charge in [-0.05, 0) is 24.3 Å². The van der Waals surface area contributed by atoms with E-state index in [1.807, 2.05) is 18.2 Å². The summed E-state index contributed by atoms with van der Waals surface area (Å²) in [5, 5.41) is 3.50. The highest BCUT2D eigenvalue weighted by atomic mass is 35.5. The van der Waals surface area contributed by atoms with Crippen LogP contribution in [0.25, 0.3) is 0 Å². The van der Waals surface area contributed by atoms with Crippen molar-refractivity contribution in [3.8, 4) is 0 Å².